The van der Waals surface area contributed by atoms with Gasteiger partial charge < -0.3 is 14.8 Å². The highest BCUT2D eigenvalue weighted by Gasteiger charge is 2.46. The summed E-state index contributed by atoms with van der Waals surface area (Å²) in [6, 6.07) is 19.2. The van der Waals surface area contributed by atoms with Crippen molar-refractivity contribution in [2.75, 3.05) is 6.61 Å². The summed E-state index contributed by atoms with van der Waals surface area (Å²) in [7, 11) is 0. The second kappa shape index (κ2) is 6.72. The van der Waals surface area contributed by atoms with E-state index in [0.717, 1.165) is 11.1 Å². The number of carbonyl (C=O) groups is 1. The Morgan fingerprint density at radius 1 is 1.08 bits per heavy atom. The highest BCUT2D eigenvalue weighted by atomic mass is 16.4. The minimum absolute atomic E-state index is 0.0260. The van der Waals surface area contributed by atoms with E-state index in [4.69, 9.17) is 4.42 Å². The van der Waals surface area contributed by atoms with Gasteiger partial charge in [0, 0.05) is 17.0 Å². The van der Waals surface area contributed by atoms with E-state index >= 15 is 0 Å². The summed E-state index contributed by atoms with van der Waals surface area (Å²) < 4.78 is 5.48. The first kappa shape index (κ1) is 16.5. The van der Waals surface area contributed by atoms with Gasteiger partial charge in [-0.15, -0.1) is 10.2 Å². The normalized spacial score (nSPS) is 21.8. The molecule has 0 unspecified atom stereocenters. The lowest BCUT2D eigenvalue weighted by Crippen LogP contribution is -2.55. The first-order valence-electron chi connectivity index (χ1n) is 8.56. The van der Waals surface area contributed by atoms with Gasteiger partial charge in [-0.3, -0.25) is 4.79 Å². The molecule has 6 heteroatoms. The van der Waals surface area contributed by atoms with Crippen LogP contribution in [0.2, 0.25) is 0 Å². The second-order valence-electron chi connectivity index (χ2n) is 6.66. The average molecular weight is 349 g/mol. The Morgan fingerprint density at radius 3 is 2.38 bits per heavy atom. The summed E-state index contributed by atoms with van der Waals surface area (Å²) in [6.45, 7) is 0.0576. The molecule has 26 heavy (non-hydrogen) atoms. The number of aromatic nitrogens is 2. The van der Waals surface area contributed by atoms with Crippen LogP contribution in [0.25, 0.3) is 11.5 Å². The van der Waals surface area contributed by atoms with Crippen molar-refractivity contribution in [3.8, 4) is 11.5 Å². The van der Waals surface area contributed by atoms with Crippen molar-refractivity contribution in [1.82, 2.24) is 15.5 Å². The fourth-order valence-corrected chi connectivity index (χ4v) is 3.49. The van der Waals surface area contributed by atoms with Gasteiger partial charge in [-0.1, -0.05) is 48.5 Å². The fourth-order valence-electron chi connectivity index (χ4n) is 3.49. The lowest BCUT2D eigenvalue weighted by molar-refractivity contribution is 0.0678. The van der Waals surface area contributed by atoms with Crippen LogP contribution in [0.3, 0.4) is 0 Å². The maximum atomic E-state index is 12.4. The highest BCUT2D eigenvalue weighted by Crippen LogP contribution is 2.43. The number of nitrogens with one attached hydrogen (secondary N) is 1. The maximum absolute atomic E-state index is 12.4. The third-order valence-electron chi connectivity index (χ3n) is 4.94. The van der Waals surface area contributed by atoms with Crippen LogP contribution in [0, 0.1) is 0 Å². The maximum Gasteiger partial charge on any atom is 0.309 e. The number of rotatable bonds is 5. The quantitative estimate of drug-likeness (QED) is 0.739. The summed E-state index contributed by atoms with van der Waals surface area (Å²) in [5, 5.41) is 20.5. The van der Waals surface area contributed by atoms with Crippen LogP contribution in [-0.4, -0.2) is 33.9 Å². The molecule has 132 valence electrons. The minimum atomic E-state index is -0.385. The smallest absolute Gasteiger partial charge is 0.309 e. The first-order chi connectivity index (χ1) is 12.7. The van der Waals surface area contributed by atoms with Crippen molar-refractivity contribution >= 4 is 5.91 Å². The summed E-state index contributed by atoms with van der Waals surface area (Å²) >= 11 is 0. The van der Waals surface area contributed by atoms with E-state index < -0.39 is 0 Å². The van der Waals surface area contributed by atoms with Crippen LogP contribution < -0.4 is 5.32 Å². The molecule has 0 saturated heterocycles. The number of carbonyl (C=O) groups excluding carboxylic acids is 1. The van der Waals surface area contributed by atoms with E-state index in [0.29, 0.717) is 18.7 Å². The largest absolute Gasteiger partial charge is 0.412 e. The van der Waals surface area contributed by atoms with Crippen LogP contribution in [0.4, 0.5) is 0 Å². The van der Waals surface area contributed by atoms with Crippen LogP contribution in [-0.2, 0) is 5.41 Å². The van der Waals surface area contributed by atoms with E-state index in [2.05, 4.69) is 15.5 Å². The third-order valence-corrected chi connectivity index (χ3v) is 4.94. The topological polar surface area (TPSA) is 88.2 Å². The predicted molar refractivity (Wildman–Crippen MR) is 95.4 cm³/mol. The highest BCUT2D eigenvalue weighted by molar-refractivity contribution is 5.90. The molecule has 0 bridgehead atoms. The van der Waals surface area contributed by atoms with Gasteiger partial charge in [0.1, 0.15) is 0 Å². The first-order valence-corrected chi connectivity index (χ1v) is 8.56. The molecule has 1 amide bonds. The Balaban J connectivity index is 1.40. The van der Waals surface area contributed by atoms with Crippen molar-refractivity contribution in [1.29, 1.82) is 0 Å². The van der Waals surface area contributed by atoms with Crippen molar-refractivity contribution < 1.29 is 14.3 Å². The van der Waals surface area contributed by atoms with Gasteiger partial charge in [0.2, 0.25) is 5.89 Å². The molecule has 1 saturated carbocycles. The van der Waals surface area contributed by atoms with Crippen LogP contribution in [0.1, 0.15) is 29.1 Å². The molecule has 0 atom stereocenters. The van der Waals surface area contributed by atoms with Gasteiger partial charge in [0.15, 0.2) is 0 Å². The summed E-state index contributed by atoms with van der Waals surface area (Å²) in [4.78, 5) is 12.4. The Morgan fingerprint density at radius 2 is 1.73 bits per heavy atom. The van der Waals surface area contributed by atoms with Crippen LogP contribution >= 0.6 is 0 Å². The van der Waals surface area contributed by atoms with Gasteiger partial charge in [-0.2, -0.15) is 0 Å². The van der Waals surface area contributed by atoms with E-state index in [9.17, 15) is 9.90 Å². The Bertz CT molecular complexity index is 887. The van der Waals surface area contributed by atoms with Gasteiger partial charge in [0.25, 0.3) is 0 Å². The van der Waals surface area contributed by atoms with Crippen LogP contribution in [0.5, 0.6) is 0 Å². The van der Waals surface area contributed by atoms with Crippen molar-refractivity contribution in [3.05, 3.63) is 72.1 Å². The Labute approximate surface area is 150 Å². The molecule has 0 aliphatic heterocycles. The van der Waals surface area contributed by atoms with Crippen molar-refractivity contribution in [2.24, 2.45) is 0 Å². The van der Waals surface area contributed by atoms with Crippen molar-refractivity contribution in [2.45, 2.75) is 24.3 Å². The molecule has 0 radical (unpaired) electrons. The van der Waals surface area contributed by atoms with E-state index in [1.165, 1.54) is 0 Å². The van der Waals surface area contributed by atoms with Gasteiger partial charge in [-0.05, 0) is 30.5 Å². The average Bonchev–Trinajstić information content (AvgIpc) is 3.16. The monoisotopic (exact) mass is 349 g/mol. The molecule has 0 spiro atoms. The number of aliphatic hydroxyl groups excluding tert-OH is 1. The molecule has 1 fully saturated rings. The summed E-state index contributed by atoms with van der Waals surface area (Å²) in [5.41, 5.74) is 1.58. The van der Waals surface area contributed by atoms with Gasteiger partial charge >= 0.3 is 11.8 Å². The molecular formula is C20H19N3O3. The second-order valence-corrected chi connectivity index (χ2v) is 6.66. The van der Waals surface area contributed by atoms with Gasteiger partial charge in [0.05, 0.1) is 6.61 Å². The molecule has 1 heterocycles. The molecule has 1 aliphatic carbocycles. The number of hydrogen-bond donors (Lipinski definition) is 2. The summed E-state index contributed by atoms with van der Waals surface area (Å²) in [6.07, 6.45) is 1.36. The molecule has 1 aromatic heterocycles. The Kier molecular flexibility index (Phi) is 4.26. The lowest BCUT2D eigenvalue weighted by atomic mass is 9.62. The predicted octanol–water partition coefficient (Wildman–Crippen LogP) is 2.56. The lowest BCUT2D eigenvalue weighted by Gasteiger charge is -2.47. The standard InChI is InChI=1S/C20H19N3O3/c24-13-20(15-9-5-2-6-10-15)11-16(12-20)21-17(25)19-23-22-18(26-19)14-7-3-1-4-8-14/h1-10,16,24H,11-13H2,(H,21,25). The Hall–Kier alpha value is -2.99. The zero-order valence-corrected chi connectivity index (χ0v) is 14.1. The zero-order chi connectivity index (χ0) is 18.0. The van der Waals surface area contributed by atoms with E-state index in [-0.39, 0.29) is 29.9 Å². The minimum Gasteiger partial charge on any atom is -0.412 e. The van der Waals surface area contributed by atoms with Crippen LogP contribution in [0.15, 0.2) is 65.1 Å². The molecule has 3 aromatic rings. The summed E-state index contributed by atoms with van der Waals surface area (Å²) in [5.74, 6) is -0.118. The molecule has 6 nitrogen and oxygen atoms in total. The molecular weight excluding hydrogens is 330 g/mol. The SMILES string of the molecule is O=C(NC1CC(CO)(c2ccccc2)C1)c1nnc(-c2ccccc2)o1. The zero-order valence-electron chi connectivity index (χ0n) is 14.1. The van der Waals surface area contributed by atoms with E-state index in [1.54, 1.807) is 0 Å². The third kappa shape index (κ3) is 2.99. The number of hydrogen-bond acceptors (Lipinski definition) is 5. The number of aliphatic hydroxyl groups is 1. The molecule has 2 N–H and O–H groups in total. The molecule has 2 aromatic carbocycles. The van der Waals surface area contributed by atoms with Gasteiger partial charge in [-0.25, -0.2) is 0 Å². The van der Waals surface area contributed by atoms with E-state index in [1.807, 2.05) is 60.7 Å². The number of amides is 1. The fraction of sp³-hybridized carbons (Fsp3) is 0.250. The number of nitrogens with zero attached hydrogens (tertiary/aromatic N) is 2. The molecule has 4 rings (SSSR count). The van der Waals surface area contributed by atoms with Crippen molar-refractivity contribution in [3.63, 3.8) is 0 Å². The molecule has 1 aliphatic rings. The number of benzene rings is 2.